The van der Waals surface area contributed by atoms with Gasteiger partial charge in [-0.2, -0.15) is 0 Å². The summed E-state index contributed by atoms with van der Waals surface area (Å²) in [5, 5.41) is 3.50. The maximum atomic E-state index is 12.9. The van der Waals surface area contributed by atoms with Crippen molar-refractivity contribution in [1.82, 2.24) is 25.3 Å². The van der Waals surface area contributed by atoms with Crippen LogP contribution in [0.5, 0.6) is 0 Å². The van der Waals surface area contributed by atoms with E-state index in [0.29, 0.717) is 22.6 Å². The summed E-state index contributed by atoms with van der Waals surface area (Å²) < 4.78 is 12.9. The van der Waals surface area contributed by atoms with Crippen molar-refractivity contribution < 1.29 is 4.21 Å². The van der Waals surface area contributed by atoms with Crippen molar-refractivity contribution in [1.29, 1.82) is 0 Å². The Morgan fingerprint density at radius 3 is 2.73 bits per heavy atom. The van der Waals surface area contributed by atoms with Crippen LogP contribution in [0.3, 0.4) is 0 Å². The molecule has 0 saturated heterocycles. The zero-order valence-corrected chi connectivity index (χ0v) is 15.5. The van der Waals surface area contributed by atoms with Crippen molar-refractivity contribution in [3.8, 4) is 0 Å². The molecule has 7 nitrogen and oxygen atoms in total. The summed E-state index contributed by atoms with van der Waals surface area (Å²) in [6.45, 7) is 2.77. The minimum Gasteiger partial charge on any atom is -0.303 e. The lowest BCUT2D eigenvalue weighted by atomic mass is 10.1. The number of aromatic nitrogens is 4. The average Bonchev–Trinajstić information content (AvgIpc) is 3.05. The zero-order chi connectivity index (χ0) is 18.4. The van der Waals surface area contributed by atoms with Gasteiger partial charge in [-0.05, 0) is 37.8 Å². The Hall–Kier alpha value is -2.32. The summed E-state index contributed by atoms with van der Waals surface area (Å²) in [7, 11) is -1.38. The molecule has 0 saturated carbocycles. The third-order valence-corrected chi connectivity index (χ3v) is 5.92. The van der Waals surface area contributed by atoms with Gasteiger partial charge in [0.25, 0.3) is 0 Å². The monoisotopic (exact) mass is 373 g/mol. The Balaban J connectivity index is 1.56. The molecule has 2 aromatic heterocycles. The normalized spacial score (nSPS) is 13.7. The van der Waals surface area contributed by atoms with Gasteiger partial charge in [-0.25, -0.2) is 14.8 Å². The predicted molar refractivity (Wildman–Crippen MR) is 102 cm³/mol. The molecule has 2 atom stereocenters. The van der Waals surface area contributed by atoms with Gasteiger partial charge in [0.15, 0.2) is 10.7 Å². The first-order valence-electron chi connectivity index (χ1n) is 8.80. The number of fused-ring (bicyclic) bond motifs is 1. The molecule has 0 fully saturated rings. The van der Waals surface area contributed by atoms with Crippen LogP contribution < -0.4 is 11.0 Å². The van der Waals surface area contributed by atoms with Crippen LogP contribution in [0.1, 0.15) is 31.7 Å². The Kier molecular flexibility index (Phi) is 6.30. The van der Waals surface area contributed by atoms with E-state index in [2.05, 4.69) is 49.5 Å². The van der Waals surface area contributed by atoms with E-state index in [4.69, 9.17) is 0 Å². The molecule has 3 aromatic rings. The number of unbranched alkanes of at least 4 members (excludes halogenated alkanes) is 1. The van der Waals surface area contributed by atoms with Crippen LogP contribution in [0.2, 0.25) is 0 Å². The first kappa shape index (κ1) is 18.5. The molecule has 0 aliphatic heterocycles. The number of aromatic amines is 2. The number of hydrogen-bond donors (Lipinski definition) is 3. The van der Waals surface area contributed by atoms with Crippen LogP contribution in [0.25, 0.3) is 11.2 Å². The minimum absolute atomic E-state index is 0.219. The third kappa shape index (κ3) is 4.44. The molecule has 0 spiro atoms. The molecular weight excluding hydrogens is 350 g/mol. The molecule has 8 heteroatoms. The lowest BCUT2D eigenvalue weighted by molar-refractivity contribution is 0.569. The quantitative estimate of drug-likeness (QED) is 0.394. The van der Waals surface area contributed by atoms with E-state index in [1.54, 1.807) is 0 Å². The van der Waals surface area contributed by atoms with Crippen LogP contribution in [0.15, 0.2) is 46.5 Å². The molecule has 0 amide bonds. The Morgan fingerprint density at radius 1 is 1.15 bits per heavy atom. The molecule has 3 N–H and O–H groups in total. The summed E-state index contributed by atoms with van der Waals surface area (Å²) >= 11 is 0. The molecule has 0 radical (unpaired) electrons. The van der Waals surface area contributed by atoms with E-state index in [1.807, 2.05) is 13.0 Å². The maximum absolute atomic E-state index is 12.9. The number of hydrogen-bond acceptors (Lipinski definition) is 5. The molecule has 2 heterocycles. The van der Waals surface area contributed by atoms with Crippen LogP contribution >= 0.6 is 0 Å². The second kappa shape index (κ2) is 8.86. The Bertz CT molecular complexity index is 922. The van der Waals surface area contributed by atoms with Gasteiger partial charge in [0.05, 0.1) is 16.2 Å². The maximum Gasteiger partial charge on any atom is 0.325 e. The zero-order valence-electron chi connectivity index (χ0n) is 14.7. The predicted octanol–water partition coefficient (Wildman–Crippen LogP) is 2.10. The number of nitrogens with zero attached hydrogens (tertiary/aromatic N) is 2. The van der Waals surface area contributed by atoms with E-state index in [9.17, 15) is 9.00 Å². The van der Waals surface area contributed by atoms with Gasteiger partial charge in [0, 0.05) is 0 Å². The van der Waals surface area contributed by atoms with Crippen LogP contribution in [0.4, 0.5) is 0 Å². The minimum atomic E-state index is -1.38. The number of benzene rings is 1. The fourth-order valence-corrected chi connectivity index (χ4v) is 4.19. The molecule has 26 heavy (non-hydrogen) atoms. The van der Waals surface area contributed by atoms with Gasteiger partial charge in [-0.15, -0.1) is 0 Å². The fourth-order valence-electron chi connectivity index (χ4n) is 2.85. The fraction of sp³-hybridized carbons (Fsp3) is 0.389. The van der Waals surface area contributed by atoms with Crippen molar-refractivity contribution in [2.24, 2.45) is 0 Å². The van der Waals surface area contributed by atoms with Gasteiger partial charge in [0.2, 0.25) is 0 Å². The molecule has 1 aromatic carbocycles. The molecule has 2 unspecified atom stereocenters. The van der Waals surface area contributed by atoms with E-state index in [0.717, 1.165) is 25.8 Å². The second-order valence-corrected chi connectivity index (χ2v) is 7.62. The van der Waals surface area contributed by atoms with Gasteiger partial charge in [0.1, 0.15) is 11.8 Å². The Morgan fingerprint density at radius 2 is 1.96 bits per heavy atom. The lowest BCUT2D eigenvalue weighted by Gasteiger charge is -2.16. The number of imidazole rings is 1. The van der Waals surface area contributed by atoms with Gasteiger partial charge >= 0.3 is 5.69 Å². The summed E-state index contributed by atoms with van der Waals surface area (Å²) in [6, 6.07) is 10.4. The van der Waals surface area contributed by atoms with E-state index >= 15 is 0 Å². The summed E-state index contributed by atoms with van der Waals surface area (Å²) in [5.74, 6) is 0. The van der Waals surface area contributed by atoms with Crippen molar-refractivity contribution in [2.75, 3.05) is 6.54 Å². The largest absolute Gasteiger partial charge is 0.325 e. The highest BCUT2D eigenvalue weighted by Crippen LogP contribution is 2.16. The first-order chi connectivity index (χ1) is 12.7. The highest BCUT2D eigenvalue weighted by Gasteiger charge is 2.21. The number of H-pyrrole nitrogens is 2. The van der Waals surface area contributed by atoms with Crippen molar-refractivity contribution in [2.45, 2.75) is 43.0 Å². The SMILES string of the molecule is CCC(NCCCCc1ccccc1)S(=O)c1ncnc2[nH]c(=O)[nH]c12. The molecule has 0 aliphatic carbocycles. The van der Waals surface area contributed by atoms with Gasteiger partial charge in [-0.3, -0.25) is 9.19 Å². The van der Waals surface area contributed by atoms with E-state index in [1.165, 1.54) is 11.9 Å². The summed E-state index contributed by atoms with van der Waals surface area (Å²) in [5.41, 5.74) is 1.76. The highest BCUT2D eigenvalue weighted by molar-refractivity contribution is 7.85. The summed E-state index contributed by atoms with van der Waals surface area (Å²) in [4.78, 5) is 24.8. The number of nitrogens with one attached hydrogen (secondary N) is 3. The van der Waals surface area contributed by atoms with Crippen LogP contribution in [-0.2, 0) is 17.2 Å². The topological polar surface area (TPSA) is 104 Å². The van der Waals surface area contributed by atoms with Crippen molar-refractivity contribution in [3.63, 3.8) is 0 Å². The molecular formula is C18H23N5O2S. The third-order valence-electron chi connectivity index (χ3n) is 4.21. The summed E-state index contributed by atoms with van der Waals surface area (Å²) in [6.07, 6.45) is 5.14. The number of rotatable bonds is 9. The standard InChI is InChI=1S/C18H23N5O2S/c1-2-14(19-11-7-6-10-13-8-4-3-5-9-13)26(25)17-15-16(20-12-21-17)23-18(24)22-15/h3-5,8-9,12,14,19H,2,6-7,10-11H2,1H3,(H2,20,21,22,23,24). The van der Waals surface area contributed by atoms with Crippen molar-refractivity contribution >= 4 is 22.0 Å². The molecule has 138 valence electrons. The second-order valence-electron chi connectivity index (χ2n) is 6.07. The average molecular weight is 373 g/mol. The molecule has 0 aliphatic rings. The van der Waals surface area contributed by atoms with E-state index < -0.39 is 10.8 Å². The molecule has 0 bridgehead atoms. The first-order valence-corrected chi connectivity index (χ1v) is 10.0. The number of aryl methyl sites for hydroxylation is 1. The van der Waals surface area contributed by atoms with Gasteiger partial charge in [-0.1, -0.05) is 37.3 Å². The van der Waals surface area contributed by atoms with Crippen LogP contribution in [0, 0.1) is 0 Å². The highest BCUT2D eigenvalue weighted by atomic mass is 32.2. The lowest BCUT2D eigenvalue weighted by Crippen LogP contribution is -2.34. The Labute approximate surface area is 154 Å². The van der Waals surface area contributed by atoms with E-state index in [-0.39, 0.29) is 11.1 Å². The smallest absolute Gasteiger partial charge is 0.303 e. The van der Waals surface area contributed by atoms with Gasteiger partial charge < -0.3 is 10.3 Å². The molecule has 3 rings (SSSR count). The van der Waals surface area contributed by atoms with Crippen molar-refractivity contribution in [3.05, 3.63) is 52.7 Å². The van der Waals surface area contributed by atoms with Crippen LogP contribution in [-0.4, -0.2) is 36.1 Å².